The number of thiophene rings is 1. The second-order valence-electron chi connectivity index (χ2n) is 8.69. The van der Waals surface area contributed by atoms with Crippen molar-refractivity contribution in [3.8, 4) is 11.5 Å². The molecular formula is C21H25N3O6S2. The molecule has 0 aliphatic carbocycles. The smallest absolute Gasteiger partial charge is 0.324 e. The lowest BCUT2D eigenvalue weighted by Gasteiger charge is -2.26. The van der Waals surface area contributed by atoms with Gasteiger partial charge in [-0.2, -0.15) is 0 Å². The fourth-order valence-electron chi connectivity index (χ4n) is 3.34. The first kappa shape index (κ1) is 22.4. The number of ether oxygens (including phenoxy) is 2. The van der Waals surface area contributed by atoms with Crippen LogP contribution in [0.25, 0.3) is 0 Å². The van der Waals surface area contributed by atoms with Gasteiger partial charge in [-0.25, -0.2) is 13.2 Å². The number of carbonyl (C=O) groups is 2. The number of fused-ring (bicyclic) bond motifs is 1. The summed E-state index contributed by atoms with van der Waals surface area (Å²) < 4.78 is 34.1. The number of nitrogens with one attached hydrogen (secondary N) is 2. The summed E-state index contributed by atoms with van der Waals surface area (Å²) in [5.74, 6) is 0.764. The van der Waals surface area contributed by atoms with E-state index in [0.717, 1.165) is 4.88 Å². The Hall–Kier alpha value is -2.79. The lowest BCUT2D eigenvalue weighted by atomic mass is 9.94. The van der Waals surface area contributed by atoms with Crippen LogP contribution in [0.4, 0.5) is 15.5 Å². The minimum Gasteiger partial charge on any atom is -0.454 e. The monoisotopic (exact) mass is 479 g/mol. The number of anilines is 2. The Kier molecular flexibility index (Phi) is 5.80. The van der Waals surface area contributed by atoms with Gasteiger partial charge in [0.2, 0.25) is 6.79 Å². The van der Waals surface area contributed by atoms with Gasteiger partial charge in [0.25, 0.3) is 5.91 Å². The number of rotatable bonds is 3. The maximum Gasteiger partial charge on any atom is 0.324 e. The van der Waals surface area contributed by atoms with Crippen molar-refractivity contribution in [1.82, 2.24) is 4.90 Å². The Morgan fingerprint density at radius 3 is 2.41 bits per heavy atom. The first-order chi connectivity index (χ1) is 15.0. The van der Waals surface area contributed by atoms with Crippen molar-refractivity contribution in [1.29, 1.82) is 0 Å². The molecule has 3 heterocycles. The fourth-order valence-corrected chi connectivity index (χ4v) is 5.64. The van der Waals surface area contributed by atoms with Gasteiger partial charge in [0.05, 0.1) is 17.1 Å². The third-order valence-electron chi connectivity index (χ3n) is 5.19. The van der Waals surface area contributed by atoms with Gasteiger partial charge < -0.3 is 19.7 Å². The van der Waals surface area contributed by atoms with E-state index in [0.29, 0.717) is 27.8 Å². The van der Waals surface area contributed by atoms with Crippen LogP contribution >= 0.6 is 11.3 Å². The number of sulfone groups is 1. The van der Waals surface area contributed by atoms with E-state index >= 15 is 0 Å². The summed E-state index contributed by atoms with van der Waals surface area (Å²) in [6.45, 7) is 6.50. The van der Waals surface area contributed by atoms with Gasteiger partial charge in [0, 0.05) is 29.7 Å². The van der Waals surface area contributed by atoms with E-state index in [9.17, 15) is 18.0 Å². The summed E-state index contributed by atoms with van der Waals surface area (Å²) in [6.07, 6.45) is 0. The first-order valence-corrected chi connectivity index (χ1v) is 12.8. The van der Waals surface area contributed by atoms with Gasteiger partial charge in [0.1, 0.15) is 5.00 Å². The van der Waals surface area contributed by atoms with E-state index in [1.165, 1.54) is 16.2 Å². The predicted molar refractivity (Wildman–Crippen MR) is 123 cm³/mol. The molecule has 0 unspecified atom stereocenters. The highest BCUT2D eigenvalue weighted by atomic mass is 32.2. The lowest BCUT2D eigenvalue weighted by molar-refractivity contribution is 0.0771. The fraction of sp³-hybridized carbons (Fsp3) is 0.429. The zero-order valence-corrected chi connectivity index (χ0v) is 19.7. The number of carbonyl (C=O) groups excluding carboxylic acids is 2. The molecule has 1 saturated heterocycles. The summed E-state index contributed by atoms with van der Waals surface area (Å²) in [6, 6.07) is 6.35. The molecule has 1 fully saturated rings. The molecule has 2 aromatic rings. The Bertz CT molecular complexity index is 1150. The summed E-state index contributed by atoms with van der Waals surface area (Å²) >= 11 is 1.34. The van der Waals surface area contributed by atoms with Gasteiger partial charge in [-0.15, -0.1) is 11.3 Å². The molecule has 0 atom stereocenters. The summed E-state index contributed by atoms with van der Waals surface area (Å²) in [5, 5.41) is 5.95. The molecule has 0 radical (unpaired) electrons. The van der Waals surface area contributed by atoms with Crippen LogP contribution < -0.4 is 20.1 Å². The van der Waals surface area contributed by atoms with Crippen molar-refractivity contribution < 1.29 is 27.5 Å². The van der Waals surface area contributed by atoms with Gasteiger partial charge in [-0.05, 0) is 23.6 Å². The van der Waals surface area contributed by atoms with E-state index in [1.54, 1.807) is 24.3 Å². The highest BCUT2D eigenvalue weighted by Crippen LogP contribution is 2.37. The maximum atomic E-state index is 13.2. The number of hydrogen-bond acceptors (Lipinski definition) is 7. The van der Waals surface area contributed by atoms with E-state index in [-0.39, 0.29) is 42.7 Å². The van der Waals surface area contributed by atoms with Gasteiger partial charge >= 0.3 is 6.03 Å². The van der Waals surface area contributed by atoms with Crippen LogP contribution in [0, 0.1) is 0 Å². The van der Waals surface area contributed by atoms with Crippen LogP contribution in [0.3, 0.4) is 0 Å². The number of urea groups is 1. The van der Waals surface area contributed by atoms with Crippen molar-refractivity contribution in [3.63, 3.8) is 0 Å². The molecule has 0 spiro atoms. The normalized spacial score (nSPS) is 17.2. The second kappa shape index (κ2) is 8.28. The number of hydrogen-bond donors (Lipinski definition) is 2. The molecule has 2 aliphatic rings. The third-order valence-corrected chi connectivity index (χ3v) is 8.28. The Morgan fingerprint density at radius 2 is 1.72 bits per heavy atom. The Balaban J connectivity index is 1.53. The minimum absolute atomic E-state index is 0.0532. The van der Waals surface area contributed by atoms with Crippen molar-refractivity contribution in [2.45, 2.75) is 26.2 Å². The summed E-state index contributed by atoms with van der Waals surface area (Å²) in [5.41, 5.74) is 0.659. The lowest BCUT2D eigenvalue weighted by Crippen LogP contribution is -2.43. The number of amides is 3. The molecule has 32 heavy (non-hydrogen) atoms. The van der Waals surface area contributed by atoms with Crippen LogP contribution in [-0.2, 0) is 15.3 Å². The highest BCUT2D eigenvalue weighted by molar-refractivity contribution is 7.91. The van der Waals surface area contributed by atoms with Crippen molar-refractivity contribution in [3.05, 3.63) is 34.7 Å². The molecule has 3 amide bonds. The highest BCUT2D eigenvalue weighted by Gasteiger charge is 2.30. The SMILES string of the molecule is CC(C)(C)c1cc(C(=O)N2CCS(=O)(=O)CC2)c(NC(=O)Nc2ccc3c(c2)OCO3)s1. The topological polar surface area (TPSA) is 114 Å². The molecule has 1 aromatic heterocycles. The Morgan fingerprint density at radius 1 is 1.03 bits per heavy atom. The molecule has 2 aliphatic heterocycles. The molecule has 11 heteroatoms. The molecule has 1 aromatic carbocycles. The molecule has 2 N–H and O–H groups in total. The largest absolute Gasteiger partial charge is 0.454 e. The average Bonchev–Trinajstić information content (AvgIpc) is 3.33. The molecule has 0 bridgehead atoms. The zero-order chi connectivity index (χ0) is 23.1. The predicted octanol–water partition coefficient (Wildman–Crippen LogP) is 3.29. The minimum atomic E-state index is -3.11. The van der Waals surface area contributed by atoms with Crippen molar-refractivity contribution >= 4 is 43.8 Å². The van der Waals surface area contributed by atoms with Crippen LogP contribution in [0.2, 0.25) is 0 Å². The zero-order valence-electron chi connectivity index (χ0n) is 18.1. The molecule has 9 nitrogen and oxygen atoms in total. The van der Waals surface area contributed by atoms with E-state index in [1.807, 2.05) is 20.8 Å². The first-order valence-electron chi connectivity index (χ1n) is 10.1. The standard InChI is InChI=1S/C21H25N3O6S2/c1-21(2,3)17-11-14(19(25)24-6-8-32(27,28)9-7-24)18(31-17)23-20(26)22-13-4-5-15-16(10-13)30-12-29-15/h4-5,10-11H,6-9,12H2,1-3H3,(H2,22,23,26). The third kappa shape index (κ3) is 4.83. The number of nitrogens with zero attached hydrogens (tertiary/aromatic N) is 1. The van der Waals surface area contributed by atoms with Gasteiger partial charge in [0.15, 0.2) is 21.3 Å². The molecule has 0 saturated carbocycles. The van der Waals surface area contributed by atoms with E-state index in [2.05, 4.69) is 10.6 Å². The van der Waals surface area contributed by atoms with Crippen LogP contribution in [0.15, 0.2) is 24.3 Å². The molecule has 172 valence electrons. The van der Waals surface area contributed by atoms with Gasteiger partial charge in [-0.3, -0.25) is 10.1 Å². The van der Waals surface area contributed by atoms with Crippen LogP contribution in [0.5, 0.6) is 11.5 Å². The second-order valence-corrected chi connectivity index (χ2v) is 12.1. The average molecular weight is 480 g/mol. The molecule has 4 rings (SSSR count). The van der Waals surface area contributed by atoms with E-state index < -0.39 is 15.9 Å². The molecular weight excluding hydrogens is 454 g/mol. The maximum absolute atomic E-state index is 13.2. The van der Waals surface area contributed by atoms with E-state index in [4.69, 9.17) is 9.47 Å². The van der Waals surface area contributed by atoms with Gasteiger partial charge in [-0.1, -0.05) is 20.8 Å². The van der Waals surface area contributed by atoms with Crippen molar-refractivity contribution in [2.24, 2.45) is 0 Å². The van der Waals surface area contributed by atoms with Crippen molar-refractivity contribution in [2.75, 3.05) is 42.0 Å². The quantitative estimate of drug-likeness (QED) is 0.698. The summed E-state index contributed by atoms with van der Waals surface area (Å²) in [4.78, 5) is 28.3. The van der Waals surface area contributed by atoms with Crippen LogP contribution in [-0.4, -0.2) is 56.6 Å². The van der Waals surface area contributed by atoms with Crippen LogP contribution in [0.1, 0.15) is 36.0 Å². The Labute approximate surface area is 190 Å². The summed E-state index contributed by atoms with van der Waals surface area (Å²) in [7, 11) is -3.11. The number of benzene rings is 1.